The first-order chi connectivity index (χ1) is 11.2. The number of carbonyl (C=O) groups is 3. The molecule has 0 spiro atoms. The number of nitrogens with zero attached hydrogens (tertiary/aromatic N) is 1. The molecule has 2 N–H and O–H groups in total. The van der Waals surface area contributed by atoms with Crippen LogP contribution in [0.5, 0.6) is 0 Å². The van der Waals surface area contributed by atoms with Gasteiger partial charge in [-0.3, -0.25) is 9.59 Å². The summed E-state index contributed by atoms with van der Waals surface area (Å²) in [5.74, 6) is -3.15. The van der Waals surface area contributed by atoms with Gasteiger partial charge in [0, 0.05) is 13.0 Å². The number of benzene rings is 1. The van der Waals surface area contributed by atoms with Gasteiger partial charge in [-0.1, -0.05) is 24.3 Å². The van der Waals surface area contributed by atoms with Crippen LogP contribution in [-0.2, 0) is 27.3 Å². The molecule has 24 heavy (non-hydrogen) atoms. The average molecular weight is 344 g/mol. The molecule has 1 aromatic carbocycles. The van der Waals surface area contributed by atoms with Crippen molar-refractivity contribution in [1.82, 2.24) is 10.2 Å². The molecule has 6 nitrogen and oxygen atoms in total. The molecular weight excluding hydrogens is 329 g/mol. The Bertz CT molecular complexity index is 660. The van der Waals surface area contributed by atoms with Crippen LogP contribution in [0.25, 0.3) is 0 Å². The molecule has 0 bridgehead atoms. The summed E-state index contributed by atoms with van der Waals surface area (Å²) in [4.78, 5) is 36.0. The largest absolute Gasteiger partial charge is 0.480 e. The predicted octanol–water partition coefficient (Wildman–Crippen LogP) is 1.09. The van der Waals surface area contributed by atoms with Crippen LogP contribution in [-0.4, -0.2) is 46.6 Å². The van der Waals surface area contributed by atoms with E-state index in [2.05, 4.69) is 0 Å². The summed E-state index contributed by atoms with van der Waals surface area (Å²) in [6.45, 7) is -1.54. The summed E-state index contributed by atoms with van der Waals surface area (Å²) in [5, 5.41) is 10.9. The molecule has 1 unspecified atom stereocenters. The highest BCUT2D eigenvalue weighted by Gasteiger charge is 2.35. The number of hydrogen-bond donors (Lipinski definition) is 2. The average Bonchev–Trinajstić information content (AvgIpc) is 2.50. The van der Waals surface area contributed by atoms with Crippen molar-refractivity contribution in [2.75, 3.05) is 6.54 Å². The van der Waals surface area contributed by atoms with Gasteiger partial charge in [-0.05, 0) is 11.1 Å². The van der Waals surface area contributed by atoms with Gasteiger partial charge in [-0.15, -0.1) is 0 Å². The molecule has 0 saturated heterocycles. The zero-order valence-electron chi connectivity index (χ0n) is 12.5. The number of carboxylic acids is 1. The van der Waals surface area contributed by atoms with E-state index in [-0.39, 0.29) is 13.0 Å². The first-order valence-corrected chi connectivity index (χ1v) is 7.10. The molecule has 0 radical (unpaired) electrons. The SMILES string of the molecule is O=C(CC(=O)N1Cc2ccccc2CC1C(=O)O)NCC(F)(F)F. The molecule has 0 fully saturated rings. The molecule has 0 aromatic heterocycles. The van der Waals surface area contributed by atoms with Crippen LogP contribution in [0.4, 0.5) is 13.2 Å². The van der Waals surface area contributed by atoms with Crippen molar-refractivity contribution in [2.24, 2.45) is 0 Å². The van der Waals surface area contributed by atoms with Crippen LogP contribution >= 0.6 is 0 Å². The van der Waals surface area contributed by atoms with Crippen LogP contribution < -0.4 is 5.32 Å². The Hall–Kier alpha value is -2.58. The van der Waals surface area contributed by atoms with Gasteiger partial charge in [-0.2, -0.15) is 13.2 Å². The first-order valence-electron chi connectivity index (χ1n) is 7.10. The molecular formula is C15H15F3N2O4. The number of rotatable bonds is 4. The number of fused-ring (bicyclic) bond motifs is 1. The number of carbonyl (C=O) groups excluding carboxylic acids is 2. The van der Waals surface area contributed by atoms with Crippen molar-refractivity contribution < 1.29 is 32.7 Å². The Morgan fingerprint density at radius 3 is 2.42 bits per heavy atom. The van der Waals surface area contributed by atoms with Crippen molar-refractivity contribution in [3.8, 4) is 0 Å². The smallest absolute Gasteiger partial charge is 0.405 e. The minimum atomic E-state index is -4.58. The Kier molecular flexibility index (Phi) is 5.10. The van der Waals surface area contributed by atoms with Crippen LogP contribution in [0.15, 0.2) is 24.3 Å². The third-order valence-corrected chi connectivity index (χ3v) is 3.65. The van der Waals surface area contributed by atoms with Gasteiger partial charge in [0.1, 0.15) is 19.0 Å². The lowest BCUT2D eigenvalue weighted by Gasteiger charge is -2.34. The molecule has 2 amide bonds. The number of nitrogens with one attached hydrogen (secondary N) is 1. The molecule has 1 heterocycles. The van der Waals surface area contributed by atoms with Gasteiger partial charge >= 0.3 is 12.1 Å². The minimum Gasteiger partial charge on any atom is -0.480 e. The van der Waals surface area contributed by atoms with E-state index in [4.69, 9.17) is 0 Å². The van der Waals surface area contributed by atoms with Gasteiger partial charge in [0.05, 0.1) is 0 Å². The highest BCUT2D eigenvalue weighted by molar-refractivity contribution is 5.98. The van der Waals surface area contributed by atoms with E-state index in [0.717, 1.165) is 16.0 Å². The predicted molar refractivity (Wildman–Crippen MR) is 75.8 cm³/mol. The fourth-order valence-electron chi connectivity index (χ4n) is 2.51. The molecule has 1 aliphatic heterocycles. The van der Waals surface area contributed by atoms with E-state index in [0.29, 0.717) is 0 Å². The molecule has 1 aliphatic rings. The van der Waals surface area contributed by atoms with E-state index >= 15 is 0 Å². The van der Waals surface area contributed by atoms with Gasteiger partial charge < -0.3 is 15.3 Å². The second-order valence-corrected chi connectivity index (χ2v) is 5.42. The van der Waals surface area contributed by atoms with Gasteiger partial charge in [0.15, 0.2) is 0 Å². The standard InChI is InChI=1S/C15H15F3N2O4/c16-15(17,18)8-19-12(21)6-13(22)20-7-10-4-2-1-3-9(10)5-11(20)14(23)24/h1-4,11H,5-8H2,(H,19,21)(H,23,24). The van der Waals surface area contributed by atoms with E-state index in [1.165, 1.54) is 0 Å². The Labute approximate surface area is 135 Å². The molecule has 130 valence electrons. The summed E-state index contributed by atoms with van der Waals surface area (Å²) in [7, 11) is 0. The number of alkyl halides is 3. The van der Waals surface area contributed by atoms with Gasteiger partial charge in [0.25, 0.3) is 0 Å². The molecule has 0 saturated carbocycles. The quantitative estimate of drug-likeness (QED) is 0.801. The molecule has 0 aliphatic carbocycles. The van der Waals surface area contributed by atoms with Crippen LogP contribution in [0.3, 0.4) is 0 Å². The van der Waals surface area contributed by atoms with Crippen molar-refractivity contribution in [3.63, 3.8) is 0 Å². The lowest BCUT2D eigenvalue weighted by molar-refractivity contribution is -0.153. The lowest BCUT2D eigenvalue weighted by atomic mass is 9.93. The summed E-state index contributed by atoms with van der Waals surface area (Å²) < 4.78 is 36.2. The van der Waals surface area contributed by atoms with Crippen molar-refractivity contribution >= 4 is 17.8 Å². The maximum absolute atomic E-state index is 12.2. The highest BCUT2D eigenvalue weighted by Crippen LogP contribution is 2.24. The Balaban J connectivity index is 2.07. The van der Waals surface area contributed by atoms with Crippen LogP contribution in [0.1, 0.15) is 17.5 Å². The van der Waals surface area contributed by atoms with Crippen molar-refractivity contribution in [1.29, 1.82) is 0 Å². The van der Waals surface area contributed by atoms with E-state index in [1.807, 2.05) is 0 Å². The van der Waals surface area contributed by atoms with Crippen molar-refractivity contribution in [3.05, 3.63) is 35.4 Å². The fraction of sp³-hybridized carbons (Fsp3) is 0.400. The summed E-state index contributed by atoms with van der Waals surface area (Å²) in [6, 6.07) is 5.82. The highest BCUT2D eigenvalue weighted by atomic mass is 19.4. The van der Waals surface area contributed by atoms with Crippen molar-refractivity contribution in [2.45, 2.75) is 31.6 Å². The fourth-order valence-corrected chi connectivity index (χ4v) is 2.51. The summed E-state index contributed by atoms with van der Waals surface area (Å²) in [5.41, 5.74) is 1.54. The summed E-state index contributed by atoms with van der Waals surface area (Å²) in [6.07, 6.45) is -5.32. The third-order valence-electron chi connectivity index (χ3n) is 3.65. The van der Waals surface area contributed by atoms with Gasteiger partial charge in [0.2, 0.25) is 11.8 Å². The van der Waals surface area contributed by atoms with Crippen LogP contribution in [0.2, 0.25) is 0 Å². The van der Waals surface area contributed by atoms with E-state index in [1.54, 1.807) is 29.6 Å². The van der Waals surface area contributed by atoms with E-state index < -0.39 is 43.0 Å². The topological polar surface area (TPSA) is 86.7 Å². The van der Waals surface area contributed by atoms with Crippen LogP contribution in [0, 0.1) is 0 Å². The number of hydrogen-bond acceptors (Lipinski definition) is 3. The number of carboxylic acid groups (broad SMARTS) is 1. The molecule has 1 aromatic rings. The normalized spacial score (nSPS) is 17.1. The first kappa shape index (κ1) is 17.8. The maximum Gasteiger partial charge on any atom is 0.405 e. The lowest BCUT2D eigenvalue weighted by Crippen LogP contribution is -2.49. The second kappa shape index (κ2) is 6.90. The molecule has 9 heteroatoms. The third kappa shape index (κ3) is 4.46. The van der Waals surface area contributed by atoms with Gasteiger partial charge in [-0.25, -0.2) is 4.79 Å². The number of halogens is 3. The number of aliphatic carboxylic acids is 1. The Morgan fingerprint density at radius 2 is 1.83 bits per heavy atom. The second-order valence-electron chi connectivity index (χ2n) is 5.42. The zero-order chi connectivity index (χ0) is 17.9. The Morgan fingerprint density at radius 1 is 1.21 bits per heavy atom. The maximum atomic E-state index is 12.2. The molecule has 2 rings (SSSR count). The monoisotopic (exact) mass is 344 g/mol. The molecule has 1 atom stereocenters. The number of amides is 2. The minimum absolute atomic E-state index is 0.00146. The zero-order valence-corrected chi connectivity index (χ0v) is 12.5. The summed E-state index contributed by atoms with van der Waals surface area (Å²) >= 11 is 0. The van der Waals surface area contributed by atoms with E-state index in [9.17, 15) is 32.7 Å².